The van der Waals surface area contributed by atoms with Crippen LogP contribution in [0.2, 0.25) is 0 Å². The van der Waals surface area contributed by atoms with Crippen LogP contribution in [0.25, 0.3) is 0 Å². The molecule has 0 atom stereocenters. The summed E-state index contributed by atoms with van der Waals surface area (Å²) in [5.74, 6) is 0. The second-order valence-corrected chi connectivity index (χ2v) is 7.46. The number of benzene rings is 2. The van der Waals surface area contributed by atoms with Gasteiger partial charge in [0.1, 0.15) is 0 Å². The first-order valence-corrected chi connectivity index (χ1v) is 9.09. The number of para-hydroxylation sites is 2. The number of aryl methyl sites for hydroxylation is 1. The van der Waals surface area contributed by atoms with Gasteiger partial charge in [0.15, 0.2) is 0 Å². The monoisotopic (exact) mass is 368 g/mol. The number of halogens is 1. The number of hydrogen-bond donors (Lipinski definition) is 2. The van der Waals surface area contributed by atoms with Crippen molar-refractivity contribution in [1.82, 2.24) is 0 Å². The van der Waals surface area contributed by atoms with E-state index in [0.717, 1.165) is 22.0 Å². The third-order valence-corrected chi connectivity index (χ3v) is 4.39. The predicted molar refractivity (Wildman–Crippen MR) is 91.1 cm³/mol. The molecular weight excluding hydrogens is 352 g/mol. The van der Waals surface area contributed by atoms with Gasteiger partial charge in [-0.05, 0) is 36.2 Å². The molecule has 0 aromatic heterocycles. The van der Waals surface area contributed by atoms with Crippen LogP contribution in [-0.4, -0.2) is 14.7 Å². The molecule has 2 N–H and O–H groups in total. The molecule has 2 rings (SSSR count). The number of anilines is 2. The fraction of sp³-hybridized carbons (Fsp3) is 0.200. The Labute approximate surface area is 133 Å². The highest BCUT2D eigenvalue weighted by molar-refractivity contribution is 9.10. The van der Waals surface area contributed by atoms with Crippen molar-refractivity contribution < 1.29 is 8.42 Å². The Hall–Kier alpha value is -1.53. The highest BCUT2D eigenvalue weighted by Gasteiger charge is 2.07. The number of sulfonamides is 1. The van der Waals surface area contributed by atoms with E-state index < -0.39 is 10.0 Å². The van der Waals surface area contributed by atoms with Gasteiger partial charge in [0.25, 0.3) is 0 Å². The molecule has 112 valence electrons. The first-order valence-electron chi connectivity index (χ1n) is 6.41. The van der Waals surface area contributed by atoms with E-state index in [1.807, 2.05) is 31.2 Å². The predicted octanol–water partition coefficient (Wildman–Crippen LogP) is 3.74. The van der Waals surface area contributed by atoms with E-state index in [9.17, 15) is 8.42 Å². The van der Waals surface area contributed by atoms with Crippen molar-refractivity contribution in [2.24, 2.45) is 0 Å². The second kappa shape index (κ2) is 6.49. The van der Waals surface area contributed by atoms with E-state index in [2.05, 4.69) is 32.0 Å². The van der Waals surface area contributed by atoms with E-state index in [0.29, 0.717) is 12.2 Å². The smallest absolute Gasteiger partial charge is 0.229 e. The number of rotatable bonds is 5. The average Bonchev–Trinajstić information content (AvgIpc) is 2.40. The maximum absolute atomic E-state index is 11.4. The van der Waals surface area contributed by atoms with Gasteiger partial charge in [-0.3, -0.25) is 4.72 Å². The molecule has 21 heavy (non-hydrogen) atoms. The Morgan fingerprint density at radius 3 is 2.38 bits per heavy atom. The van der Waals surface area contributed by atoms with Crippen molar-refractivity contribution in [1.29, 1.82) is 0 Å². The lowest BCUT2D eigenvalue weighted by Crippen LogP contribution is -2.11. The van der Waals surface area contributed by atoms with E-state index in [1.165, 1.54) is 5.56 Å². The summed E-state index contributed by atoms with van der Waals surface area (Å²) in [5, 5.41) is 3.25. The van der Waals surface area contributed by atoms with Gasteiger partial charge in [0.05, 0.1) is 17.6 Å². The zero-order valence-electron chi connectivity index (χ0n) is 11.9. The topological polar surface area (TPSA) is 58.2 Å². The third-order valence-electron chi connectivity index (χ3n) is 2.94. The second-order valence-electron chi connectivity index (χ2n) is 4.86. The van der Waals surface area contributed by atoms with Crippen LogP contribution < -0.4 is 10.0 Å². The lowest BCUT2D eigenvalue weighted by Gasteiger charge is -2.13. The minimum Gasteiger partial charge on any atom is -0.379 e. The van der Waals surface area contributed by atoms with Crippen LogP contribution >= 0.6 is 15.9 Å². The minimum atomic E-state index is -3.29. The molecule has 4 nitrogen and oxygen atoms in total. The molecule has 0 amide bonds. The standard InChI is InChI=1S/C15H17BrN2O2S/c1-11-7-8-12(9-13(11)16)10-17-14-5-3-4-6-15(14)18-21(2,19)20/h3-9,17-18H,10H2,1-2H3. The summed E-state index contributed by atoms with van der Waals surface area (Å²) in [7, 11) is -3.29. The summed E-state index contributed by atoms with van der Waals surface area (Å²) in [5.41, 5.74) is 3.59. The number of hydrogen-bond acceptors (Lipinski definition) is 3. The molecule has 0 radical (unpaired) electrons. The molecular formula is C15H17BrN2O2S. The van der Waals surface area contributed by atoms with E-state index in [1.54, 1.807) is 12.1 Å². The van der Waals surface area contributed by atoms with Gasteiger partial charge in [-0.2, -0.15) is 0 Å². The Balaban J connectivity index is 2.14. The first-order chi connectivity index (χ1) is 9.85. The molecule has 0 unspecified atom stereocenters. The Morgan fingerprint density at radius 2 is 1.76 bits per heavy atom. The minimum absolute atomic E-state index is 0.547. The van der Waals surface area contributed by atoms with Gasteiger partial charge in [0, 0.05) is 11.0 Å². The molecule has 0 bridgehead atoms. The molecule has 0 heterocycles. The maximum Gasteiger partial charge on any atom is 0.229 e. The van der Waals surface area contributed by atoms with Gasteiger partial charge in [-0.1, -0.05) is 40.2 Å². The van der Waals surface area contributed by atoms with Crippen LogP contribution in [0.4, 0.5) is 11.4 Å². The Kier molecular flexibility index (Phi) is 4.90. The van der Waals surface area contributed by atoms with Gasteiger partial charge >= 0.3 is 0 Å². The average molecular weight is 369 g/mol. The Bertz CT molecular complexity index is 745. The van der Waals surface area contributed by atoms with E-state index in [4.69, 9.17) is 0 Å². The lowest BCUT2D eigenvalue weighted by atomic mass is 10.1. The molecule has 0 spiro atoms. The summed E-state index contributed by atoms with van der Waals surface area (Å²) in [6.07, 6.45) is 1.14. The fourth-order valence-corrected chi connectivity index (χ4v) is 2.87. The van der Waals surface area contributed by atoms with Crippen LogP contribution in [0.3, 0.4) is 0 Å². The Morgan fingerprint density at radius 1 is 1.10 bits per heavy atom. The molecule has 2 aromatic rings. The highest BCUT2D eigenvalue weighted by Crippen LogP contribution is 2.23. The van der Waals surface area contributed by atoms with Crippen molar-refractivity contribution in [3.8, 4) is 0 Å². The van der Waals surface area contributed by atoms with Crippen LogP contribution in [0.5, 0.6) is 0 Å². The summed E-state index contributed by atoms with van der Waals surface area (Å²) in [6.45, 7) is 2.65. The molecule has 0 aliphatic heterocycles. The summed E-state index contributed by atoms with van der Waals surface area (Å²) in [4.78, 5) is 0. The van der Waals surface area contributed by atoms with Crippen molar-refractivity contribution in [2.45, 2.75) is 13.5 Å². The summed E-state index contributed by atoms with van der Waals surface area (Å²) >= 11 is 3.51. The van der Waals surface area contributed by atoms with Gasteiger partial charge in [-0.25, -0.2) is 8.42 Å². The third kappa shape index (κ3) is 4.75. The number of nitrogens with one attached hydrogen (secondary N) is 2. The van der Waals surface area contributed by atoms with Gasteiger partial charge in [0.2, 0.25) is 10.0 Å². The molecule has 6 heteroatoms. The van der Waals surface area contributed by atoms with Crippen molar-refractivity contribution >= 4 is 37.3 Å². The van der Waals surface area contributed by atoms with Crippen molar-refractivity contribution in [3.05, 3.63) is 58.1 Å². The largest absolute Gasteiger partial charge is 0.379 e. The van der Waals surface area contributed by atoms with E-state index in [-0.39, 0.29) is 0 Å². The van der Waals surface area contributed by atoms with E-state index >= 15 is 0 Å². The van der Waals surface area contributed by atoms with Gasteiger partial charge in [-0.15, -0.1) is 0 Å². The van der Waals surface area contributed by atoms with Crippen LogP contribution in [-0.2, 0) is 16.6 Å². The normalized spacial score (nSPS) is 11.2. The van der Waals surface area contributed by atoms with Crippen molar-refractivity contribution in [2.75, 3.05) is 16.3 Å². The maximum atomic E-state index is 11.4. The molecule has 0 fully saturated rings. The summed E-state index contributed by atoms with van der Waals surface area (Å²) in [6, 6.07) is 13.4. The highest BCUT2D eigenvalue weighted by atomic mass is 79.9. The zero-order valence-corrected chi connectivity index (χ0v) is 14.3. The van der Waals surface area contributed by atoms with Crippen LogP contribution in [0.15, 0.2) is 46.9 Å². The van der Waals surface area contributed by atoms with Gasteiger partial charge < -0.3 is 5.32 Å². The SMILES string of the molecule is Cc1ccc(CNc2ccccc2NS(C)(=O)=O)cc1Br. The lowest BCUT2D eigenvalue weighted by molar-refractivity contribution is 0.607. The summed E-state index contributed by atoms with van der Waals surface area (Å²) < 4.78 is 26.3. The molecule has 0 aliphatic rings. The van der Waals surface area contributed by atoms with Crippen LogP contribution in [0.1, 0.15) is 11.1 Å². The molecule has 0 aliphatic carbocycles. The quantitative estimate of drug-likeness (QED) is 0.844. The van der Waals surface area contributed by atoms with Crippen molar-refractivity contribution in [3.63, 3.8) is 0 Å². The first kappa shape index (κ1) is 15.9. The molecule has 2 aromatic carbocycles. The fourth-order valence-electron chi connectivity index (χ4n) is 1.87. The zero-order chi connectivity index (χ0) is 15.5. The molecule has 0 saturated heterocycles. The van der Waals surface area contributed by atoms with Crippen LogP contribution in [0, 0.1) is 6.92 Å². The molecule has 0 saturated carbocycles.